The molecule has 1 rings (SSSR count). The molecule has 0 radical (unpaired) electrons. The van der Waals surface area contributed by atoms with Crippen molar-refractivity contribution >= 4 is 11.6 Å². The lowest BCUT2D eigenvalue weighted by molar-refractivity contribution is -0.202. The Hall–Kier alpha value is -1.60. The van der Waals surface area contributed by atoms with E-state index in [4.69, 9.17) is 5.11 Å². The fourth-order valence-electron chi connectivity index (χ4n) is 1.38. The zero-order valence-electron chi connectivity index (χ0n) is 11.2. The molecule has 0 spiro atoms. The summed E-state index contributed by atoms with van der Waals surface area (Å²) in [6.07, 6.45) is -7.18. The third kappa shape index (κ3) is 5.18. The number of rotatable bonds is 5. The highest BCUT2D eigenvalue weighted by atomic mass is 19.4. The van der Waals surface area contributed by atoms with Gasteiger partial charge in [-0.3, -0.25) is 4.79 Å². The van der Waals surface area contributed by atoms with Crippen LogP contribution in [0, 0.1) is 6.92 Å². The molecule has 0 heterocycles. The van der Waals surface area contributed by atoms with Gasteiger partial charge in [-0.05, 0) is 26.0 Å². The van der Waals surface area contributed by atoms with Crippen LogP contribution in [0.2, 0.25) is 0 Å². The number of alkyl halides is 3. The van der Waals surface area contributed by atoms with E-state index in [2.05, 4.69) is 10.6 Å². The average Bonchev–Trinajstić information content (AvgIpc) is 2.36. The van der Waals surface area contributed by atoms with Crippen molar-refractivity contribution in [1.29, 1.82) is 0 Å². The smallest absolute Gasteiger partial charge is 0.382 e. The van der Waals surface area contributed by atoms with E-state index in [9.17, 15) is 18.0 Å². The predicted octanol–water partition coefficient (Wildman–Crippen LogP) is 1.83. The number of aliphatic hydroxyl groups excluding tert-OH is 1. The van der Waals surface area contributed by atoms with E-state index in [1.54, 1.807) is 24.3 Å². The molecule has 7 heteroatoms. The van der Waals surface area contributed by atoms with E-state index in [0.717, 1.165) is 5.56 Å². The minimum Gasteiger partial charge on any atom is -0.382 e. The number of carbonyl (C=O) groups excluding carboxylic acids is 1. The highest BCUT2D eigenvalue weighted by Gasteiger charge is 2.38. The van der Waals surface area contributed by atoms with E-state index >= 15 is 0 Å². The molecule has 20 heavy (non-hydrogen) atoms. The lowest BCUT2D eigenvalue weighted by Crippen LogP contribution is -2.45. The maximum atomic E-state index is 12.1. The molecular weight excluding hydrogens is 273 g/mol. The lowest BCUT2D eigenvalue weighted by atomic mass is 10.2. The van der Waals surface area contributed by atoms with Gasteiger partial charge in [0.25, 0.3) is 0 Å². The summed E-state index contributed by atoms with van der Waals surface area (Å²) >= 11 is 0. The van der Waals surface area contributed by atoms with E-state index in [1.807, 2.05) is 6.92 Å². The van der Waals surface area contributed by atoms with Crippen LogP contribution in [-0.2, 0) is 4.79 Å². The molecule has 0 bridgehead atoms. The van der Waals surface area contributed by atoms with Gasteiger partial charge in [0.2, 0.25) is 5.91 Å². The first kappa shape index (κ1) is 16.5. The minimum absolute atomic E-state index is 0.469. The van der Waals surface area contributed by atoms with Crippen molar-refractivity contribution in [2.24, 2.45) is 0 Å². The zero-order chi connectivity index (χ0) is 15.3. The van der Waals surface area contributed by atoms with Gasteiger partial charge in [0.15, 0.2) is 6.10 Å². The third-order valence-corrected chi connectivity index (χ3v) is 2.71. The molecule has 0 aliphatic heterocycles. The van der Waals surface area contributed by atoms with Crippen LogP contribution >= 0.6 is 0 Å². The van der Waals surface area contributed by atoms with Crippen LogP contribution in [0.25, 0.3) is 0 Å². The van der Waals surface area contributed by atoms with Crippen LogP contribution < -0.4 is 10.6 Å². The van der Waals surface area contributed by atoms with Gasteiger partial charge in [0.05, 0.1) is 6.04 Å². The van der Waals surface area contributed by atoms with Crippen LogP contribution in [-0.4, -0.2) is 35.9 Å². The molecule has 1 amide bonds. The van der Waals surface area contributed by atoms with Crippen LogP contribution in [0.15, 0.2) is 24.3 Å². The number of carbonyl (C=O) groups is 1. The van der Waals surface area contributed by atoms with Crippen LogP contribution in [0.3, 0.4) is 0 Å². The second-order valence-electron chi connectivity index (χ2n) is 4.54. The Morgan fingerprint density at radius 1 is 1.30 bits per heavy atom. The van der Waals surface area contributed by atoms with Gasteiger partial charge in [-0.15, -0.1) is 0 Å². The molecule has 1 aromatic rings. The monoisotopic (exact) mass is 290 g/mol. The first-order chi connectivity index (χ1) is 9.20. The maximum Gasteiger partial charge on any atom is 0.415 e. The van der Waals surface area contributed by atoms with Gasteiger partial charge in [-0.25, -0.2) is 0 Å². The first-order valence-corrected chi connectivity index (χ1v) is 6.06. The van der Waals surface area contributed by atoms with Gasteiger partial charge in [-0.1, -0.05) is 17.7 Å². The Morgan fingerprint density at radius 2 is 1.85 bits per heavy atom. The molecule has 2 unspecified atom stereocenters. The lowest BCUT2D eigenvalue weighted by Gasteiger charge is -2.18. The number of halogens is 3. The quantitative estimate of drug-likeness (QED) is 0.775. The Balaban J connectivity index is 2.45. The van der Waals surface area contributed by atoms with Crippen molar-refractivity contribution in [3.05, 3.63) is 29.8 Å². The standard InChI is InChI=1S/C13H17F3N2O2/c1-8-3-5-10(6-4-8)18-12(20)9(2)17-7-11(19)13(14,15)16/h3-6,9,11,17,19H,7H2,1-2H3,(H,18,20). The van der Waals surface area contributed by atoms with Crippen molar-refractivity contribution in [3.8, 4) is 0 Å². The summed E-state index contributed by atoms with van der Waals surface area (Å²) in [6.45, 7) is 2.59. The van der Waals surface area contributed by atoms with Crippen molar-refractivity contribution < 1.29 is 23.1 Å². The van der Waals surface area contributed by atoms with E-state index in [0.29, 0.717) is 5.69 Å². The SMILES string of the molecule is Cc1ccc(NC(=O)C(C)NCC(O)C(F)(F)F)cc1. The summed E-state index contributed by atoms with van der Waals surface area (Å²) in [4.78, 5) is 11.7. The molecule has 0 fully saturated rings. The van der Waals surface area contributed by atoms with Gasteiger partial charge >= 0.3 is 6.18 Å². The van der Waals surface area contributed by atoms with E-state index in [-0.39, 0.29) is 0 Å². The molecular formula is C13H17F3N2O2. The Bertz CT molecular complexity index is 446. The topological polar surface area (TPSA) is 61.4 Å². The molecule has 1 aromatic carbocycles. The fourth-order valence-corrected chi connectivity index (χ4v) is 1.38. The van der Waals surface area contributed by atoms with Crippen molar-refractivity contribution in [3.63, 3.8) is 0 Å². The summed E-state index contributed by atoms with van der Waals surface area (Å²) in [6, 6.07) is 6.16. The minimum atomic E-state index is -4.69. The second kappa shape index (κ2) is 6.71. The molecule has 2 atom stereocenters. The van der Waals surface area contributed by atoms with Crippen molar-refractivity contribution in [2.75, 3.05) is 11.9 Å². The normalized spacial score (nSPS) is 14.7. The van der Waals surface area contributed by atoms with E-state index < -0.39 is 30.8 Å². The summed E-state index contributed by atoms with van der Waals surface area (Å²) in [7, 11) is 0. The number of anilines is 1. The molecule has 3 N–H and O–H groups in total. The van der Waals surface area contributed by atoms with Gasteiger partial charge in [0, 0.05) is 12.2 Å². The van der Waals surface area contributed by atoms with Crippen LogP contribution in [0.1, 0.15) is 12.5 Å². The molecule has 0 saturated heterocycles. The number of aryl methyl sites for hydroxylation is 1. The second-order valence-corrected chi connectivity index (χ2v) is 4.54. The Labute approximate surface area is 115 Å². The Morgan fingerprint density at radius 3 is 2.35 bits per heavy atom. The van der Waals surface area contributed by atoms with Gasteiger partial charge < -0.3 is 15.7 Å². The summed E-state index contributed by atoms with van der Waals surface area (Å²) < 4.78 is 36.3. The Kier molecular flexibility index (Phi) is 5.52. The van der Waals surface area contributed by atoms with Gasteiger partial charge in [-0.2, -0.15) is 13.2 Å². The number of hydrogen-bond acceptors (Lipinski definition) is 3. The predicted molar refractivity (Wildman–Crippen MR) is 69.3 cm³/mol. The molecule has 112 valence electrons. The number of hydrogen-bond donors (Lipinski definition) is 3. The molecule has 0 saturated carbocycles. The zero-order valence-corrected chi connectivity index (χ0v) is 11.2. The van der Waals surface area contributed by atoms with Gasteiger partial charge in [0.1, 0.15) is 0 Å². The highest BCUT2D eigenvalue weighted by molar-refractivity contribution is 5.94. The molecule has 4 nitrogen and oxygen atoms in total. The molecule has 0 aliphatic rings. The number of nitrogens with one attached hydrogen (secondary N) is 2. The third-order valence-electron chi connectivity index (χ3n) is 2.71. The maximum absolute atomic E-state index is 12.1. The largest absolute Gasteiger partial charge is 0.415 e. The summed E-state index contributed by atoms with van der Waals surface area (Å²) in [5.74, 6) is -0.469. The number of benzene rings is 1. The van der Waals surface area contributed by atoms with E-state index in [1.165, 1.54) is 6.92 Å². The van der Waals surface area contributed by atoms with Crippen LogP contribution in [0.4, 0.5) is 18.9 Å². The molecule has 0 aliphatic carbocycles. The first-order valence-electron chi connectivity index (χ1n) is 6.06. The van der Waals surface area contributed by atoms with Crippen LogP contribution in [0.5, 0.6) is 0 Å². The number of aliphatic hydroxyl groups is 1. The summed E-state index contributed by atoms with van der Waals surface area (Å²) in [5.41, 5.74) is 1.59. The fraction of sp³-hybridized carbons (Fsp3) is 0.462. The summed E-state index contributed by atoms with van der Waals surface area (Å²) in [5, 5.41) is 13.7. The molecule has 0 aromatic heterocycles. The van der Waals surface area contributed by atoms with Crippen molar-refractivity contribution in [1.82, 2.24) is 5.32 Å². The highest BCUT2D eigenvalue weighted by Crippen LogP contribution is 2.19. The average molecular weight is 290 g/mol. The number of amides is 1. The van der Waals surface area contributed by atoms with Crippen molar-refractivity contribution in [2.45, 2.75) is 32.2 Å².